The molecule has 0 aliphatic carbocycles. The summed E-state index contributed by atoms with van der Waals surface area (Å²) in [7, 11) is 1.48. The van der Waals surface area contributed by atoms with E-state index in [4.69, 9.17) is 9.47 Å². The van der Waals surface area contributed by atoms with Gasteiger partial charge in [-0.2, -0.15) is 0 Å². The van der Waals surface area contributed by atoms with Crippen LogP contribution >= 0.6 is 0 Å². The van der Waals surface area contributed by atoms with E-state index in [-0.39, 0.29) is 30.3 Å². The van der Waals surface area contributed by atoms with Crippen LogP contribution in [0.3, 0.4) is 0 Å². The maximum absolute atomic E-state index is 12.9. The summed E-state index contributed by atoms with van der Waals surface area (Å²) in [5, 5.41) is 2.62. The summed E-state index contributed by atoms with van der Waals surface area (Å²) in [5.74, 6) is -0.0466. The number of likely N-dealkylation sites (tertiary alicyclic amines) is 1. The lowest BCUT2D eigenvalue weighted by molar-refractivity contribution is -0.118. The zero-order chi connectivity index (χ0) is 20.8. The number of rotatable bonds is 6. The van der Waals surface area contributed by atoms with Gasteiger partial charge in [-0.1, -0.05) is 0 Å². The standard InChI is InChI=1S/C22H25FN2O4/c1-15-5-3-4-12-25(15)22(27)16-6-11-19(20(13-16)28-2)29-14-21(26)24-18-9-7-17(23)8-10-18/h6-11,13,15H,3-5,12,14H2,1-2H3,(H,24,26). The number of anilines is 1. The van der Waals surface area contributed by atoms with Gasteiger partial charge in [0.05, 0.1) is 7.11 Å². The summed E-state index contributed by atoms with van der Waals surface area (Å²) in [6.45, 7) is 2.57. The number of piperidine rings is 1. The molecule has 29 heavy (non-hydrogen) atoms. The highest BCUT2D eigenvalue weighted by molar-refractivity contribution is 5.95. The van der Waals surface area contributed by atoms with Gasteiger partial charge in [0.25, 0.3) is 11.8 Å². The first-order chi connectivity index (χ1) is 14.0. The van der Waals surface area contributed by atoms with Crippen LogP contribution in [-0.4, -0.2) is 43.0 Å². The van der Waals surface area contributed by atoms with Gasteiger partial charge < -0.3 is 19.7 Å². The molecule has 1 saturated heterocycles. The topological polar surface area (TPSA) is 67.9 Å². The predicted octanol–water partition coefficient (Wildman–Crippen LogP) is 3.87. The Hall–Kier alpha value is -3.09. The maximum atomic E-state index is 12.9. The number of methoxy groups -OCH3 is 1. The summed E-state index contributed by atoms with van der Waals surface area (Å²) in [4.78, 5) is 26.8. The number of carbonyl (C=O) groups is 2. The second-order valence-electron chi connectivity index (χ2n) is 7.05. The molecule has 0 radical (unpaired) electrons. The Morgan fingerprint density at radius 3 is 2.59 bits per heavy atom. The van der Waals surface area contributed by atoms with Crippen LogP contribution in [0, 0.1) is 5.82 Å². The second-order valence-corrected chi connectivity index (χ2v) is 7.05. The Balaban J connectivity index is 1.63. The molecule has 1 unspecified atom stereocenters. The third kappa shape index (κ3) is 5.25. The van der Waals surface area contributed by atoms with Crippen molar-refractivity contribution in [3.63, 3.8) is 0 Å². The van der Waals surface area contributed by atoms with Crippen molar-refractivity contribution < 1.29 is 23.5 Å². The van der Waals surface area contributed by atoms with Gasteiger partial charge in [0.15, 0.2) is 18.1 Å². The highest BCUT2D eigenvalue weighted by Crippen LogP contribution is 2.29. The molecule has 2 aromatic rings. The van der Waals surface area contributed by atoms with Gasteiger partial charge in [0, 0.05) is 23.8 Å². The number of nitrogens with zero attached hydrogens (tertiary/aromatic N) is 1. The molecule has 1 aliphatic heterocycles. The number of hydrogen-bond acceptors (Lipinski definition) is 4. The van der Waals surface area contributed by atoms with E-state index in [0.29, 0.717) is 22.7 Å². The average Bonchev–Trinajstić information content (AvgIpc) is 2.73. The van der Waals surface area contributed by atoms with Gasteiger partial charge in [0.1, 0.15) is 5.82 Å². The lowest BCUT2D eigenvalue weighted by Crippen LogP contribution is -2.42. The zero-order valence-corrected chi connectivity index (χ0v) is 16.6. The lowest BCUT2D eigenvalue weighted by Gasteiger charge is -2.33. The molecule has 0 spiro atoms. The molecule has 2 amide bonds. The highest BCUT2D eigenvalue weighted by atomic mass is 19.1. The molecule has 1 aliphatic rings. The van der Waals surface area contributed by atoms with Gasteiger partial charge in [-0.3, -0.25) is 9.59 Å². The van der Waals surface area contributed by atoms with E-state index in [9.17, 15) is 14.0 Å². The molecule has 7 heteroatoms. The molecule has 0 bridgehead atoms. The van der Waals surface area contributed by atoms with E-state index in [0.717, 1.165) is 25.8 Å². The number of benzene rings is 2. The number of hydrogen-bond donors (Lipinski definition) is 1. The summed E-state index contributed by atoms with van der Waals surface area (Å²) in [6, 6.07) is 10.6. The normalized spacial score (nSPS) is 16.2. The van der Waals surface area contributed by atoms with E-state index < -0.39 is 0 Å². The van der Waals surface area contributed by atoms with E-state index in [2.05, 4.69) is 12.2 Å². The van der Waals surface area contributed by atoms with Gasteiger partial charge in [-0.15, -0.1) is 0 Å². The van der Waals surface area contributed by atoms with E-state index in [1.807, 2.05) is 4.90 Å². The number of nitrogens with one attached hydrogen (secondary N) is 1. The van der Waals surface area contributed by atoms with Gasteiger partial charge in [0.2, 0.25) is 0 Å². The predicted molar refractivity (Wildman–Crippen MR) is 108 cm³/mol. The van der Waals surface area contributed by atoms with Crippen LogP contribution in [0.5, 0.6) is 11.5 Å². The van der Waals surface area contributed by atoms with E-state index in [1.54, 1.807) is 18.2 Å². The highest BCUT2D eigenvalue weighted by Gasteiger charge is 2.25. The molecule has 0 aromatic heterocycles. The monoisotopic (exact) mass is 400 g/mol. The minimum Gasteiger partial charge on any atom is -0.493 e. The smallest absolute Gasteiger partial charge is 0.262 e. The van der Waals surface area contributed by atoms with Crippen molar-refractivity contribution in [3.05, 3.63) is 53.8 Å². The third-order valence-corrected chi connectivity index (χ3v) is 4.96. The molecule has 1 heterocycles. The molecule has 6 nitrogen and oxygen atoms in total. The van der Waals surface area contributed by atoms with Crippen LogP contribution in [0.1, 0.15) is 36.5 Å². The molecule has 3 rings (SSSR count). The van der Waals surface area contributed by atoms with Crippen molar-refractivity contribution >= 4 is 17.5 Å². The lowest BCUT2D eigenvalue weighted by atomic mass is 10.0. The molecule has 154 valence electrons. The number of halogens is 1. The van der Waals surface area contributed by atoms with Crippen molar-refractivity contribution in [2.45, 2.75) is 32.2 Å². The average molecular weight is 400 g/mol. The Labute approximate surface area is 169 Å². The fraction of sp³-hybridized carbons (Fsp3) is 0.364. The van der Waals surface area contributed by atoms with Crippen molar-refractivity contribution in [2.24, 2.45) is 0 Å². The molecule has 2 aromatic carbocycles. The third-order valence-electron chi connectivity index (χ3n) is 4.96. The first-order valence-electron chi connectivity index (χ1n) is 9.65. The van der Waals surface area contributed by atoms with Crippen LogP contribution in [0.25, 0.3) is 0 Å². The maximum Gasteiger partial charge on any atom is 0.262 e. The molecule has 1 N–H and O–H groups in total. The van der Waals surface area contributed by atoms with Crippen LogP contribution in [0.4, 0.5) is 10.1 Å². The first-order valence-corrected chi connectivity index (χ1v) is 9.65. The largest absolute Gasteiger partial charge is 0.493 e. The summed E-state index contributed by atoms with van der Waals surface area (Å²) >= 11 is 0. The van der Waals surface area contributed by atoms with Crippen molar-refractivity contribution in [1.29, 1.82) is 0 Å². The minimum absolute atomic E-state index is 0.0314. The minimum atomic E-state index is -0.388. The summed E-state index contributed by atoms with van der Waals surface area (Å²) in [6.07, 6.45) is 3.16. The van der Waals surface area contributed by atoms with Gasteiger partial charge in [-0.05, 0) is 68.7 Å². The fourth-order valence-corrected chi connectivity index (χ4v) is 3.36. The Morgan fingerprint density at radius 1 is 1.14 bits per heavy atom. The summed E-state index contributed by atoms with van der Waals surface area (Å²) < 4.78 is 23.8. The molecular weight excluding hydrogens is 375 g/mol. The van der Waals surface area contributed by atoms with Crippen LogP contribution in [0.15, 0.2) is 42.5 Å². The Kier molecular flexibility index (Phi) is 6.69. The van der Waals surface area contributed by atoms with Crippen LogP contribution in [0.2, 0.25) is 0 Å². The number of ether oxygens (including phenoxy) is 2. The SMILES string of the molecule is COc1cc(C(=O)N2CCCCC2C)ccc1OCC(=O)Nc1ccc(F)cc1. The molecule has 0 saturated carbocycles. The van der Waals surface area contributed by atoms with Gasteiger partial charge in [-0.25, -0.2) is 4.39 Å². The Bertz CT molecular complexity index is 870. The number of carbonyl (C=O) groups excluding carboxylic acids is 2. The first kappa shape index (κ1) is 20.6. The van der Waals surface area contributed by atoms with E-state index >= 15 is 0 Å². The van der Waals surface area contributed by atoms with Crippen molar-refractivity contribution in [2.75, 3.05) is 25.6 Å². The fourth-order valence-electron chi connectivity index (χ4n) is 3.36. The van der Waals surface area contributed by atoms with Crippen LogP contribution in [-0.2, 0) is 4.79 Å². The van der Waals surface area contributed by atoms with Crippen LogP contribution < -0.4 is 14.8 Å². The molecule has 1 atom stereocenters. The van der Waals surface area contributed by atoms with Crippen molar-refractivity contribution in [1.82, 2.24) is 4.90 Å². The molecule has 1 fully saturated rings. The Morgan fingerprint density at radius 2 is 1.90 bits per heavy atom. The zero-order valence-electron chi connectivity index (χ0n) is 16.6. The quantitative estimate of drug-likeness (QED) is 0.799. The number of amides is 2. The second kappa shape index (κ2) is 9.41. The van der Waals surface area contributed by atoms with Crippen molar-refractivity contribution in [3.8, 4) is 11.5 Å². The molecular formula is C22H25FN2O4. The van der Waals surface area contributed by atoms with Gasteiger partial charge >= 0.3 is 0 Å². The van der Waals surface area contributed by atoms with E-state index in [1.165, 1.54) is 31.4 Å². The summed E-state index contributed by atoms with van der Waals surface area (Å²) in [5.41, 5.74) is 1.00.